The van der Waals surface area contributed by atoms with Gasteiger partial charge in [-0.3, -0.25) is 10.1 Å². The number of hydrogen-bond donors (Lipinski definition) is 1. The fourth-order valence-electron chi connectivity index (χ4n) is 1.95. The number of primary sulfonamides is 1. The molecule has 0 radical (unpaired) electrons. The Hall–Kier alpha value is -1.68. The van der Waals surface area contributed by atoms with Gasteiger partial charge in [-0.05, 0) is 24.5 Å². The van der Waals surface area contributed by atoms with Gasteiger partial charge in [0, 0.05) is 6.07 Å². The molecule has 21 heavy (non-hydrogen) atoms. The summed E-state index contributed by atoms with van der Waals surface area (Å²) in [5, 5.41) is 15.7. The normalized spacial score (nSPS) is 12.4. The van der Waals surface area contributed by atoms with E-state index in [-0.39, 0.29) is 12.8 Å². The van der Waals surface area contributed by atoms with Gasteiger partial charge in [0.2, 0.25) is 10.0 Å². The van der Waals surface area contributed by atoms with Gasteiger partial charge >= 0.3 is 6.18 Å². The van der Waals surface area contributed by atoms with E-state index in [0.717, 1.165) is 6.07 Å². The quantitative estimate of drug-likeness (QED) is 0.663. The summed E-state index contributed by atoms with van der Waals surface area (Å²) in [6, 6.07) is 1.26. The van der Waals surface area contributed by atoms with Crippen LogP contribution in [0, 0.1) is 10.1 Å². The third-order valence-corrected chi connectivity index (χ3v) is 3.81. The van der Waals surface area contributed by atoms with E-state index in [1.54, 1.807) is 6.92 Å². The number of nitro benzene ring substituents is 1. The Bertz CT molecular complexity index is 656. The van der Waals surface area contributed by atoms with Gasteiger partial charge < -0.3 is 0 Å². The molecule has 0 fully saturated rings. The summed E-state index contributed by atoms with van der Waals surface area (Å²) in [6.07, 6.45) is -4.58. The second-order valence-electron chi connectivity index (χ2n) is 4.34. The Morgan fingerprint density at radius 2 is 1.90 bits per heavy atom. The number of sulfonamides is 1. The molecule has 0 saturated carbocycles. The molecule has 0 aliphatic heterocycles. The standard InChI is InChI=1S/C11H13F3N2O4S/c1-2-3-4-7-9(21(15,19)20)6-5-8(16(17)18)10(7)11(12,13)14/h5-6H,2-4H2,1H3,(H2,15,19,20). The second-order valence-corrected chi connectivity index (χ2v) is 5.87. The third-order valence-electron chi connectivity index (χ3n) is 2.81. The topological polar surface area (TPSA) is 103 Å². The minimum Gasteiger partial charge on any atom is -0.258 e. The molecule has 1 rings (SSSR count). The summed E-state index contributed by atoms with van der Waals surface area (Å²) in [5.41, 5.74) is -3.38. The maximum atomic E-state index is 13.1. The lowest BCUT2D eigenvalue weighted by Crippen LogP contribution is -2.20. The molecule has 0 atom stereocenters. The lowest BCUT2D eigenvalue weighted by atomic mass is 9.99. The van der Waals surface area contributed by atoms with E-state index in [0.29, 0.717) is 12.5 Å². The van der Waals surface area contributed by atoms with E-state index in [4.69, 9.17) is 5.14 Å². The molecule has 0 aromatic heterocycles. The average molecular weight is 326 g/mol. The van der Waals surface area contributed by atoms with Crippen molar-refractivity contribution in [1.82, 2.24) is 0 Å². The van der Waals surface area contributed by atoms with Crippen LogP contribution in [0.5, 0.6) is 0 Å². The van der Waals surface area contributed by atoms with Gasteiger partial charge in [0.15, 0.2) is 0 Å². The summed E-state index contributed by atoms with van der Waals surface area (Å²) in [4.78, 5) is 8.86. The van der Waals surface area contributed by atoms with Crippen LogP contribution in [0.4, 0.5) is 18.9 Å². The predicted molar refractivity (Wildman–Crippen MR) is 68.1 cm³/mol. The molecular formula is C11H13F3N2O4S. The van der Waals surface area contributed by atoms with Crippen LogP contribution in [0.2, 0.25) is 0 Å². The van der Waals surface area contributed by atoms with Crippen molar-refractivity contribution in [2.24, 2.45) is 5.14 Å². The fraction of sp³-hybridized carbons (Fsp3) is 0.455. The molecule has 2 N–H and O–H groups in total. The second kappa shape index (κ2) is 5.98. The Balaban J connectivity index is 3.78. The van der Waals surface area contributed by atoms with Gasteiger partial charge in [0.1, 0.15) is 5.56 Å². The Morgan fingerprint density at radius 3 is 2.29 bits per heavy atom. The Labute approximate surface area is 119 Å². The lowest BCUT2D eigenvalue weighted by Gasteiger charge is -2.16. The molecular weight excluding hydrogens is 313 g/mol. The van der Waals surface area contributed by atoms with Gasteiger partial charge in [0.05, 0.1) is 9.82 Å². The number of benzene rings is 1. The maximum absolute atomic E-state index is 13.1. The highest BCUT2D eigenvalue weighted by atomic mass is 32.2. The van der Waals surface area contributed by atoms with Crippen molar-refractivity contribution in [3.05, 3.63) is 33.4 Å². The SMILES string of the molecule is CCCCc1c(S(N)(=O)=O)ccc([N+](=O)[O-])c1C(F)(F)F. The zero-order valence-electron chi connectivity index (χ0n) is 11.0. The van der Waals surface area contributed by atoms with Crippen molar-refractivity contribution in [3.63, 3.8) is 0 Å². The molecule has 0 aliphatic carbocycles. The van der Waals surface area contributed by atoms with Crippen LogP contribution >= 0.6 is 0 Å². The molecule has 0 aliphatic rings. The smallest absolute Gasteiger partial charge is 0.258 e. The van der Waals surface area contributed by atoms with Crippen LogP contribution in [0.3, 0.4) is 0 Å². The third kappa shape index (κ3) is 3.91. The van der Waals surface area contributed by atoms with Crippen molar-refractivity contribution in [2.75, 3.05) is 0 Å². The monoisotopic (exact) mass is 326 g/mol. The minimum atomic E-state index is -5.05. The largest absolute Gasteiger partial charge is 0.423 e. The van der Waals surface area contributed by atoms with Gasteiger partial charge in [-0.15, -0.1) is 0 Å². The molecule has 1 aromatic carbocycles. The first-order valence-corrected chi connectivity index (χ1v) is 7.45. The van der Waals surface area contributed by atoms with E-state index >= 15 is 0 Å². The van der Waals surface area contributed by atoms with E-state index in [1.165, 1.54) is 0 Å². The van der Waals surface area contributed by atoms with Crippen molar-refractivity contribution in [2.45, 2.75) is 37.3 Å². The summed E-state index contributed by atoms with van der Waals surface area (Å²) in [7, 11) is -4.41. The van der Waals surface area contributed by atoms with E-state index in [1.807, 2.05) is 0 Å². The number of nitrogens with two attached hydrogens (primary N) is 1. The molecule has 6 nitrogen and oxygen atoms in total. The van der Waals surface area contributed by atoms with Crippen molar-refractivity contribution >= 4 is 15.7 Å². The maximum Gasteiger partial charge on any atom is 0.423 e. The average Bonchev–Trinajstić information content (AvgIpc) is 2.32. The first-order valence-electron chi connectivity index (χ1n) is 5.90. The van der Waals surface area contributed by atoms with Crippen LogP contribution in [0.25, 0.3) is 0 Å². The highest BCUT2D eigenvalue weighted by Gasteiger charge is 2.42. The van der Waals surface area contributed by atoms with E-state index < -0.39 is 42.8 Å². The fourth-order valence-corrected chi connectivity index (χ4v) is 2.76. The molecule has 0 spiro atoms. The number of nitrogens with zero attached hydrogens (tertiary/aromatic N) is 1. The van der Waals surface area contributed by atoms with Gasteiger partial charge in [-0.1, -0.05) is 13.3 Å². The van der Waals surface area contributed by atoms with E-state index in [2.05, 4.69) is 0 Å². The molecule has 0 heterocycles. The van der Waals surface area contributed by atoms with Crippen LogP contribution in [0.15, 0.2) is 17.0 Å². The molecule has 118 valence electrons. The molecule has 0 bridgehead atoms. The summed E-state index contributed by atoms with van der Waals surface area (Å²) in [5.74, 6) is 0. The highest BCUT2D eigenvalue weighted by molar-refractivity contribution is 7.89. The summed E-state index contributed by atoms with van der Waals surface area (Å²) >= 11 is 0. The highest BCUT2D eigenvalue weighted by Crippen LogP contribution is 2.41. The number of rotatable bonds is 5. The predicted octanol–water partition coefficient (Wildman–Crippen LogP) is 2.60. The van der Waals surface area contributed by atoms with Crippen LogP contribution < -0.4 is 5.14 Å². The molecule has 1 aromatic rings. The summed E-state index contributed by atoms with van der Waals surface area (Å²) in [6.45, 7) is 1.70. The minimum absolute atomic E-state index is 0.243. The van der Waals surface area contributed by atoms with Gasteiger partial charge in [0.25, 0.3) is 5.69 Å². The van der Waals surface area contributed by atoms with Crippen molar-refractivity contribution < 1.29 is 26.5 Å². The summed E-state index contributed by atoms with van der Waals surface area (Å²) < 4.78 is 62.2. The number of alkyl halides is 3. The molecule has 10 heteroatoms. The number of halogens is 3. The lowest BCUT2D eigenvalue weighted by molar-refractivity contribution is -0.388. The van der Waals surface area contributed by atoms with E-state index in [9.17, 15) is 31.7 Å². The van der Waals surface area contributed by atoms with Crippen LogP contribution in [0.1, 0.15) is 30.9 Å². The molecule has 0 saturated heterocycles. The first-order chi connectivity index (χ1) is 9.50. The Kier molecular flexibility index (Phi) is 4.95. The van der Waals surface area contributed by atoms with Gasteiger partial charge in [-0.25, -0.2) is 13.6 Å². The zero-order valence-corrected chi connectivity index (χ0v) is 11.8. The number of nitro groups is 1. The first kappa shape index (κ1) is 17.4. The van der Waals surface area contributed by atoms with Crippen LogP contribution in [-0.2, 0) is 22.6 Å². The number of unbranched alkanes of at least 4 members (excludes halogenated alkanes) is 1. The zero-order chi connectivity index (χ0) is 16.4. The molecule has 0 amide bonds. The Morgan fingerprint density at radius 1 is 1.33 bits per heavy atom. The molecule has 0 unspecified atom stereocenters. The van der Waals surface area contributed by atoms with Gasteiger partial charge in [-0.2, -0.15) is 13.2 Å². The van der Waals surface area contributed by atoms with Crippen LogP contribution in [-0.4, -0.2) is 13.3 Å². The van der Waals surface area contributed by atoms with Crippen molar-refractivity contribution in [1.29, 1.82) is 0 Å². The number of hydrogen-bond acceptors (Lipinski definition) is 4. The van der Waals surface area contributed by atoms with Crippen molar-refractivity contribution in [3.8, 4) is 0 Å².